The molecule has 3 fully saturated rings. The van der Waals surface area contributed by atoms with Gasteiger partial charge in [0.1, 0.15) is 0 Å². The lowest BCUT2D eigenvalue weighted by Crippen LogP contribution is -2.41. The molecule has 16 heavy (non-hydrogen) atoms. The van der Waals surface area contributed by atoms with Crippen molar-refractivity contribution in [2.24, 2.45) is 22.4 Å². The number of hydrogen-bond donors (Lipinski definition) is 1. The molecule has 92 valence electrons. The normalized spacial score (nSPS) is 46.9. The molecular weight excluding hydrogens is 226 g/mol. The Kier molecular flexibility index (Phi) is 2.36. The molecule has 3 aliphatic rings. The maximum atomic E-state index is 11.2. The van der Waals surface area contributed by atoms with Gasteiger partial charge in [0.2, 0.25) is 10.0 Å². The van der Waals surface area contributed by atoms with Gasteiger partial charge < -0.3 is 4.74 Å². The standard InChI is InChI=1S/C11H19NO3S/c12-16(13,14)7-10-11(3-4-15-10)6-8-1-2-9(11)5-8/h8-10H,1-7H2,(H2,12,13,14). The summed E-state index contributed by atoms with van der Waals surface area (Å²) in [5.74, 6) is 1.51. The Balaban J connectivity index is 1.84. The van der Waals surface area contributed by atoms with E-state index in [0.29, 0.717) is 12.5 Å². The summed E-state index contributed by atoms with van der Waals surface area (Å²) in [4.78, 5) is 0. The number of primary sulfonamides is 1. The fourth-order valence-corrected chi connectivity index (χ4v) is 5.18. The average Bonchev–Trinajstić information content (AvgIpc) is 2.81. The Morgan fingerprint density at radius 3 is 2.75 bits per heavy atom. The van der Waals surface area contributed by atoms with E-state index in [1.54, 1.807) is 0 Å². The number of sulfonamides is 1. The molecule has 2 aliphatic carbocycles. The van der Waals surface area contributed by atoms with Crippen molar-refractivity contribution in [2.45, 2.75) is 38.2 Å². The maximum absolute atomic E-state index is 11.2. The summed E-state index contributed by atoms with van der Waals surface area (Å²) < 4.78 is 28.1. The van der Waals surface area contributed by atoms with Crippen molar-refractivity contribution >= 4 is 10.0 Å². The summed E-state index contributed by atoms with van der Waals surface area (Å²) in [6, 6.07) is 0. The Labute approximate surface area is 96.6 Å². The Morgan fingerprint density at radius 2 is 2.19 bits per heavy atom. The van der Waals surface area contributed by atoms with Crippen molar-refractivity contribution in [3.8, 4) is 0 Å². The van der Waals surface area contributed by atoms with E-state index >= 15 is 0 Å². The van der Waals surface area contributed by atoms with Crippen LogP contribution in [0.2, 0.25) is 0 Å². The van der Waals surface area contributed by atoms with E-state index in [4.69, 9.17) is 9.88 Å². The second-order valence-corrected chi connectivity index (χ2v) is 7.41. The van der Waals surface area contributed by atoms with E-state index in [9.17, 15) is 8.42 Å². The first kappa shape index (κ1) is 11.0. The molecule has 1 spiro atoms. The quantitative estimate of drug-likeness (QED) is 0.785. The van der Waals surface area contributed by atoms with Crippen LogP contribution in [0, 0.1) is 17.3 Å². The summed E-state index contributed by atoms with van der Waals surface area (Å²) in [6.07, 6.45) is 5.93. The second kappa shape index (κ2) is 3.43. The smallest absolute Gasteiger partial charge is 0.211 e. The van der Waals surface area contributed by atoms with Crippen LogP contribution in [-0.4, -0.2) is 26.9 Å². The number of rotatable bonds is 2. The van der Waals surface area contributed by atoms with E-state index in [1.807, 2.05) is 0 Å². The fraction of sp³-hybridized carbons (Fsp3) is 1.00. The van der Waals surface area contributed by atoms with Gasteiger partial charge in [-0.25, -0.2) is 13.6 Å². The highest BCUT2D eigenvalue weighted by Gasteiger charge is 2.57. The minimum absolute atomic E-state index is 0.0101. The highest BCUT2D eigenvalue weighted by molar-refractivity contribution is 7.89. The molecule has 0 aromatic carbocycles. The molecule has 0 aromatic heterocycles. The molecule has 4 unspecified atom stereocenters. The second-order valence-electron chi connectivity index (χ2n) is 5.75. The molecule has 0 amide bonds. The minimum Gasteiger partial charge on any atom is -0.376 e. The van der Waals surface area contributed by atoms with E-state index in [1.165, 1.54) is 19.3 Å². The fourth-order valence-electron chi connectivity index (χ4n) is 4.33. The first-order valence-corrected chi connectivity index (χ1v) is 7.83. The van der Waals surface area contributed by atoms with Gasteiger partial charge >= 0.3 is 0 Å². The molecule has 4 atom stereocenters. The zero-order chi connectivity index (χ0) is 11.4. The van der Waals surface area contributed by atoms with Crippen LogP contribution >= 0.6 is 0 Å². The first-order valence-electron chi connectivity index (χ1n) is 6.12. The van der Waals surface area contributed by atoms with Gasteiger partial charge in [-0.1, -0.05) is 6.42 Å². The predicted molar refractivity (Wildman–Crippen MR) is 60.2 cm³/mol. The Morgan fingerprint density at radius 1 is 1.38 bits per heavy atom. The highest BCUT2D eigenvalue weighted by atomic mass is 32.2. The largest absolute Gasteiger partial charge is 0.376 e. The summed E-state index contributed by atoms with van der Waals surface area (Å²) in [5.41, 5.74) is 0.148. The van der Waals surface area contributed by atoms with Gasteiger partial charge in [-0.05, 0) is 37.5 Å². The van der Waals surface area contributed by atoms with Crippen molar-refractivity contribution in [3.05, 3.63) is 0 Å². The van der Waals surface area contributed by atoms with Gasteiger partial charge in [-0.15, -0.1) is 0 Å². The highest BCUT2D eigenvalue weighted by Crippen LogP contribution is 2.61. The van der Waals surface area contributed by atoms with Crippen LogP contribution in [0.4, 0.5) is 0 Å². The Hall–Kier alpha value is -0.130. The number of ether oxygens (including phenoxy) is 1. The van der Waals surface area contributed by atoms with Crippen LogP contribution in [0.5, 0.6) is 0 Å². The zero-order valence-electron chi connectivity index (χ0n) is 9.39. The number of nitrogens with two attached hydrogens (primary N) is 1. The van der Waals surface area contributed by atoms with Crippen molar-refractivity contribution in [3.63, 3.8) is 0 Å². The third-order valence-corrected chi connectivity index (χ3v) is 5.70. The molecule has 0 radical (unpaired) electrons. The topological polar surface area (TPSA) is 69.4 Å². The van der Waals surface area contributed by atoms with Crippen LogP contribution < -0.4 is 5.14 Å². The van der Waals surface area contributed by atoms with E-state index in [-0.39, 0.29) is 17.3 Å². The third kappa shape index (κ3) is 1.60. The third-order valence-electron chi connectivity index (χ3n) is 4.93. The van der Waals surface area contributed by atoms with Crippen molar-refractivity contribution < 1.29 is 13.2 Å². The maximum Gasteiger partial charge on any atom is 0.211 e. The van der Waals surface area contributed by atoms with Gasteiger partial charge in [0.25, 0.3) is 0 Å². The minimum atomic E-state index is -3.41. The molecule has 3 rings (SSSR count). The first-order chi connectivity index (χ1) is 7.50. The van der Waals surface area contributed by atoms with E-state index in [0.717, 1.165) is 18.8 Å². The lowest BCUT2D eigenvalue weighted by Gasteiger charge is -2.37. The van der Waals surface area contributed by atoms with E-state index < -0.39 is 10.0 Å². The number of fused-ring (bicyclic) bond motifs is 3. The van der Waals surface area contributed by atoms with Crippen LogP contribution in [0.3, 0.4) is 0 Å². The lowest BCUT2D eigenvalue weighted by molar-refractivity contribution is 0.0335. The van der Waals surface area contributed by atoms with Crippen molar-refractivity contribution in [2.75, 3.05) is 12.4 Å². The number of hydrogen-bond acceptors (Lipinski definition) is 3. The molecule has 5 heteroatoms. The summed E-state index contributed by atoms with van der Waals surface area (Å²) in [5, 5.41) is 5.16. The average molecular weight is 245 g/mol. The summed E-state index contributed by atoms with van der Waals surface area (Å²) in [6.45, 7) is 0.712. The van der Waals surface area contributed by atoms with Gasteiger partial charge in [-0.2, -0.15) is 0 Å². The monoisotopic (exact) mass is 245 g/mol. The molecular formula is C11H19NO3S. The molecule has 1 heterocycles. The van der Waals surface area contributed by atoms with Crippen molar-refractivity contribution in [1.82, 2.24) is 0 Å². The predicted octanol–water partition coefficient (Wildman–Crippen LogP) is 0.870. The summed E-state index contributed by atoms with van der Waals surface area (Å²) >= 11 is 0. The molecule has 0 aromatic rings. The van der Waals surface area contributed by atoms with Gasteiger partial charge in [0.15, 0.2) is 0 Å². The Bertz CT molecular complexity index is 394. The molecule has 2 saturated carbocycles. The molecule has 2 bridgehead atoms. The van der Waals surface area contributed by atoms with Crippen molar-refractivity contribution in [1.29, 1.82) is 0 Å². The molecule has 4 nitrogen and oxygen atoms in total. The van der Waals surface area contributed by atoms with Gasteiger partial charge in [0.05, 0.1) is 11.9 Å². The van der Waals surface area contributed by atoms with Crippen LogP contribution in [0.1, 0.15) is 32.1 Å². The SMILES string of the molecule is NS(=O)(=O)CC1OCCC12CC1CCC2C1. The van der Waals surface area contributed by atoms with E-state index in [2.05, 4.69) is 0 Å². The zero-order valence-corrected chi connectivity index (χ0v) is 10.2. The molecule has 2 N–H and O–H groups in total. The molecule has 1 aliphatic heterocycles. The van der Waals surface area contributed by atoms with Crippen LogP contribution in [0.25, 0.3) is 0 Å². The molecule has 1 saturated heterocycles. The summed E-state index contributed by atoms with van der Waals surface area (Å²) in [7, 11) is -3.41. The van der Waals surface area contributed by atoms with Gasteiger partial charge in [0, 0.05) is 12.0 Å². The van der Waals surface area contributed by atoms with Crippen LogP contribution in [-0.2, 0) is 14.8 Å². The lowest BCUT2D eigenvalue weighted by atomic mass is 9.69. The van der Waals surface area contributed by atoms with Gasteiger partial charge in [-0.3, -0.25) is 0 Å². The van der Waals surface area contributed by atoms with Crippen LogP contribution in [0.15, 0.2) is 0 Å².